The molecule has 132 valence electrons. The Morgan fingerprint density at radius 2 is 1.80 bits per heavy atom. The molecule has 0 fully saturated rings. The molecule has 0 saturated carbocycles. The number of aliphatic hydroxyl groups is 1. The summed E-state index contributed by atoms with van der Waals surface area (Å²) in [6, 6.07) is 15.9. The SMILES string of the molecule is C=C(C)C(=O)OCC(O)CNc1ccc(Nc2ccccc2C)cc1. The van der Waals surface area contributed by atoms with Gasteiger partial charge in [0.25, 0.3) is 0 Å². The molecule has 2 rings (SSSR count). The van der Waals surface area contributed by atoms with Gasteiger partial charge in [-0.05, 0) is 49.7 Å². The van der Waals surface area contributed by atoms with Crippen molar-refractivity contribution in [1.82, 2.24) is 0 Å². The van der Waals surface area contributed by atoms with E-state index in [2.05, 4.69) is 30.2 Å². The monoisotopic (exact) mass is 340 g/mol. The minimum atomic E-state index is -0.784. The first-order valence-corrected chi connectivity index (χ1v) is 8.13. The van der Waals surface area contributed by atoms with Gasteiger partial charge in [0, 0.05) is 29.2 Å². The quantitative estimate of drug-likeness (QED) is 0.506. The van der Waals surface area contributed by atoms with Gasteiger partial charge in [0.2, 0.25) is 0 Å². The summed E-state index contributed by atoms with van der Waals surface area (Å²) >= 11 is 0. The Morgan fingerprint density at radius 1 is 1.16 bits per heavy atom. The van der Waals surface area contributed by atoms with Crippen molar-refractivity contribution in [3.63, 3.8) is 0 Å². The van der Waals surface area contributed by atoms with Gasteiger partial charge in [0.1, 0.15) is 12.7 Å². The molecular formula is C20H24N2O3. The van der Waals surface area contributed by atoms with E-state index in [4.69, 9.17) is 4.74 Å². The van der Waals surface area contributed by atoms with E-state index >= 15 is 0 Å². The number of carbonyl (C=O) groups is 1. The lowest BCUT2D eigenvalue weighted by Crippen LogP contribution is -2.26. The Balaban J connectivity index is 1.81. The van der Waals surface area contributed by atoms with Crippen LogP contribution in [0.2, 0.25) is 0 Å². The summed E-state index contributed by atoms with van der Waals surface area (Å²) in [5, 5.41) is 16.3. The fourth-order valence-corrected chi connectivity index (χ4v) is 2.13. The molecule has 0 aliphatic heterocycles. The van der Waals surface area contributed by atoms with E-state index in [9.17, 15) is 9.90 Å². The van der Waals surface area contributed by atoms with E-state index in [1.54, 1.807) is 6.92 Å². The van der Waals surface area contributed by atoms with Crippen molar-refractivity contribution in [2.24, 2.45) is 0 Å². The molecular weight excluding hydrogens is 316 g/mol. The highest BCUT2D eigenvalue weighted by atomic mass is 16.5. The summed E-state index contributed by atoms with van der Waals surface area (Å²) in [5.41, 5.74) is 4.42. The molecule has 0 aromatic heterocycles. The molecule has 0 radical (unpaired) electrons. The molecule has 0 aliphatic carbocycles. The number of para-hydroxylation sites is 1. The van der Waals surface area contributed by atoms with E-state index in [1.807, 2.05) is 42.5 Å². The van der Waals surface area contributed by atoms with Crippen LogP contribution in [0.15, 0.2) is 60.7 Å². The van der Waals surface area contributed by atoms with Crippen LogP contribution in [0.3, 0.4) is 0 Å². The van der Waals surface area contributed by atoms with Gasteiger partial charge in [-0.3, -0.25) is 0 Å². The van der Waals surface area contributed by atoms with Crippen molar-refractivity contribution in [2.45, 2.75) is 20.0 Å². The molecule has 5 heteroatoms. The van der Waals surface area contributed by atoms with Gasteiger partial charge in [-0.2, -0.15) is 0 Å². The zero-order valence-electron chi connectivity index (χ0n) is 14.6. The molecule has 0 heterocycles. The number of aliphatic hydroxyl groups excluding tert-OH is 1. The molecule has 0 aliphatic rings. The molecule has 2 aromatic carbocycles. The minimum Gasteiger partial charge on any atom is -0.460 e. The maximum atomic E-state index is 11.3. The Bertz CT molecular complexity index is 726. The van der Waals surface area contributed by atoms with Crippen LogP contribution in [0, 0.1) is 6.92 Å². The molecule has 0 amide bonds. The number of esters is 1. The van der Waals surface area contributed by atoms with Crippen molar-refractivity contribution < 1.29 is 14.6 Å². The third-order valence-electron chi connectivity index (χ3n) is 3.61. The maximum Gasteiger partial charge on any atom is 0.333 e. The number of hydrogen-bond acceptors (Lipinski definition) is 5. The van der Waals surface area contributed by atoms with Crippen molar-refractivity contribution in [3.8, 4) is 0 Å². The van der Waals surface area contributed by atoms with Crippen LogP contribution < -0.4 is 10.6 Å². The standard InChI is InChI=1S/C20H24N2O3/c1-14(2)20(24)25-13-18(23)12-21-16-8-10-17(11-9-16)22-19-7-5-4-6-15(19)3/h4-11,18,21-23H,1,12-13H2,2-3H3. The highest BCUT2D eigenvalue weighted by molar-refractivity contribution is 5.86. The van der Waals surface area contributed by atoms with Crippen molar-refractivity contribution in [3.05, 3.63) is 66.2 Å². The summed E-state index contributed by atoms with van der Waals surface area (Å²) in [6.07, 6.45) is -0.784. The second-order valence-corrected chi connectivity index (χ2v) is 5.93. The second-order valence-electron chi connectivity index (χ2n) is 5.93. The summed E-state index contributed by atoms with van der Waals surface area (Å²) < 4.78 is 4.91. The Morgan fingerprint density at radius 3 is 2.44 bits per heavy atom. The van der Waals surface area contributed by atoms with Crippen LogP contribution in [-0.4, -0.2) is 30.3 Å². The Kier molecular flexibility index (Phi) is 6.60. The minimum absolute atomic E-state index is 0.0639. The predicted octanol–water partition coefficient (Wildman–Crippen LogP) is 3.63. The van der Waals surface area contributed by atoms with E-state index in [-0.39, 0.29) is 13.2 Å². The average Bonchev–Trinajstić information content (AvgIpc) is 2.61. The first kappa shape index (κ1) is 18.5. The number of aryl methyl sites for hydroxylation is 1. The van der Waals surface area contributed by atoms with Gasteiger partial charge in [-0.15, -0.1) is 0 Å². The molecule has 25 heavy (non-hydrogen) atoms. The van der Waals surface area contributed by atoms with Crippen molar-refractivity contribution in [2.75, 3.05) is 23.8 Å². The van der Waals surface area contributed by atoms with E-state index < -0.39 is 12.1 Å². The Labute approximate surface area is 148 Å². The van der Waals surface area contributed by atoms with Crippen LogP contribution in [0.5, 0.6) is 0 Å². The molecule has 3 N–H and O–H groups in total. The van der Waals surface area contributed by atoms with E-state index in [1.165, 1.54) is 5.56 Å². The first-order chi connectivity index (χ1) is 12.0. The van der Waals surface area contributed by atoms with Gasteiger partial charge in [0.15, 0.2) is 0 Å². The summed E-state index contributed by atoms with van der Waals surface area (Å²) in [5.74, 6) is -0.495. The molecule has 5 nitrogen and oxygen atoms in total. The van der Waals surface area contributed by atoms with Crippen LogP contribution in [0.25, 0.3) is 0 Å². The molecule has 0 saturated heterocycles. The fourth-order valence-electron chi connectivity index (χ4n) is 2.13. The van der Waals surface area contributed by atoms with Gasteiger partial charge in [0.05, 0.1) is 0 Å². The number of carbonyl (C=O) groups excluding carboxylic acids is 1. The molecule has 1 unspecified atom stereocenters. The van der Waals surface area contributed by atoms with Crippen LogP contribution in [0.1, 0.15) is 12.5 Å². The number of nitrogens with one attached hydrogen (secondary N) is 2. The number of benzene rings is 2. The highest BCUT2D eigenvalue weighted by Crippen LogP contribution is 2.21. The van der Waals surface area contributed by atoms with Gasteiger partial charge in [-0.1, -0.05) is 24.8 Å². The van der Waals surface area contributed by atoms with Crippen molar-refractivity contribution >= 4 is 23.0 Å². The number of hydrogen-bond donors (Lipinski definition) is 3. The summed E-state index contributed by atoms with van der Waals surface area (Å²) in [4.78, 5) is 11.3. The van der Waals surface area contributed by atoms with Crippen LogP contribution >= 0.6 is 0 Å². The Hall–Kier alpha value is -2.79. The molecule has 2 aromatic rings. The molecule has 1 atom stereocenters. The number of rotatable bonds is 8. The largest absolute Gasteiger partial charge is 0.460 e. The topological polar surface area (TPSA) is 70.6 Å². The van der Waals surface area contributed by atoms with Crippen LogP contribution in [0.4, 0.5) is 17.1 Å². The number of anilines is 3. The smallest absolute Gasteiger partial charge is 0.333 e. The summed E-state index contributed by atoms with van der Waals surface area (Å²) in [6.45, 7) is 7.34. The van der Waals surface area contributed by atoms with Gasteiger partial charge in [-0.25, -0.2) is 4.79 Å². The predicted molar refractivity (Wildman–Crippen MR) is 101 cm³/mol. The van der Waals surface area contributed by atoms with Gasteiger partial charge < -0.3 is 20.5 Å². The maximum absolute atomic E-state index is 11.3. The summed E-state index contributed by atoms with van der Waals surface area (Å²) in [7, 11) is 0. The zero-order chi connectivity index (χ0) is 18.2. The van der Waals surface area contributed by atoms with Crippen molar-refractivity contribution in [1.29, 1.82) is 0 Å². The zero-order valence-corrected chi connectivity index (χ0v) is 14.6. The third-order valence-corrected chi connectivity index (χ3v) is 3.61. The molecule has 0 spiro atoms. The van der Waals surface area contributed by atoms with Gasteiger partial charge >= 0.3 is 5.97 Å². The van der Waals surface area contributed by atoms with E-state index in [0.717, 1.165) is 17.1 Å². The lowest BCUT2D eigenvalue weighted by atomic mass is 10.2. The van der Waals surface area contributed by atoms with Crippen LogP contribution in [-0.2, 0) is 9.53 Å². The van der Waals surface area contributed by atoms with E-state index in [0.29, 0.717) is 5.57 Å². The average molecular weight is 340 g/mol. The molecule has 0 bridgehead atoms. The lowest BCUT2D eigenvalue weighted by Gasteiger charge is -2.14. The second kappa shape index (κ2) is 8.89. The fraction of sp³-hybridized carbons (Fsp3) is 0.250. The first-order valence-electron chi connectivity index (χ1n) is 8.13. The lowest BCUT2D eigenvalue weighted by molar-refractivity contribution is -0.141. The third kappa shape index (κ3) is 5.97. The number of ether oxygens (including phenoxy) is 1. The normalized spacial score (nSPS) is 11.5. The highest BCUT2D eigenvalue weighted by Gasteiger charge is 2.09.